The number of rotatable bonds is 7. The number of carbonyl (C=O) groups excluding carboxylic acids is 2. The molecule has 0 aliphatic carbocycles. The molecule has 1 saturated heterocycles. The van der Waals surface area contributed by atoms with Crippen molar-refractivity contribution in [3.05, 3.63) is 35.9 Å². The molecule has 0 radical (unpaired) electrons. The average molecular weight is 335 g/mol. The quantitative estimate of drug-likeness (QED) is 0.777. The van der Waals surface area contributed by atoms with Crippen molar-refractivity contribution >= 4 is 23.6 Å². The number of nitrogens with zero attached hydrogens (tertiary/aromatic N) is 1. The summed E-state index contributed by atoms with van der Waals surface area (Å²) in [5, 5.41) is 5.98. The minimum absolute atomic E-state index is 0.0114. The van der Waals surface area contributed by atoms with Gasteiger partial charge in [0.1, 0.15) is 6.04 Å². The van der Waals surface area contributed by atoms with Crippen LogP contribution in [0.2, 0.25) is 0 Å². The summed E-state index contributed by atoms with van der Waals surface area (Å²) in [5.74, 6) is 0.843. The first-order valence-corrected chi connectivity index (χ1v) is 9.35. The zero-order chi connectivity index (χ0) is 16.7. The standard InChI is InChI=1S/C17H25N3O2S/c1-18-14(12-13-6-4-3-5-7-13)17(22)20-10-9-19-16(21)15(20)8-11-23-2/h3-7,14-15,18H,8-12H2,1-2H3,(H,19,21)/t14-,15+/m0/s1. The Morgan fingerprint density at radius 2 is 2.17 bits per heavy atom. The van der Waals surface area contributed by atoms with E-state index >= 15 is 0 Å². The van der Waals surface area contributed by atoms with E-state index in [-0.39, 0.29) is 23.9 Å². The van der Waals surface area contributed by atoms with Gasteiger partial charge in [-0.05, 0) is 37.5 Å². The minimum atomic E-state index is -0.352. The monoisotopic (exact) mass is 335 g/mol. The molecule has 1 aromatic carbocycles. The van der Waals surface area contributed by atoms with Crippen molar-refractivity contribution in [1.82, 2.24) is 15.5 Å². The predicted molar refractivity (Wildman–Crippen MR) is 94.5 cm³/mol. The van der Waals surface area contributed by atoms with Crippen LogP contribution in [0.3, 0.4) is 0 Å². The van der Waals surface area contributed by atoms with Gasteiger partial charge in [0.05, 0.1) is 6.04 Å². The maximum absolute atomic E-state index is 12.9. The zero-order valence-corrected chi connectivity index (χ0v) is 14.6. The second kappa shape index (κ2) is 8.93. The van der Waals surface area contributed by atoms with Gasteiger partial charge in [0.2, 0.25) is 11.8 Å². The summed E-state index contributed by atoms with van der Waals surface area (Å²) in [6, 6.07) is 9.30. The van der Waals surface area contributed by atoms with Crippen LogP contribution in [0.25, 0.3) is 0 Å². The Morgan fingerprint density at radius 3 is 2.83 bits per heavy atom. The molecule has 0 aromatic heterocycles. The average Bonchev–Trinajstić information content (AvgIpc) is 2.58. The van der Waals surface area contributed by atoms with Crippen LogP contribution in [0.5, 0.6) is 0 Å². The lowest BCUT2D eigenvalue weighted by Gasteiger charge is -2.37. The predicted octanol–water partition coefficient (Wildman–Crippen LogP) is 0.897. The van der Waals surface area contributed by atoms with Gasteiger partial charge in [-0.1, -0.05) is 30.3 Å². The number of amides is 2. The number of nitrogens with one attached hydrogen (secondary N) is 2. The Labute approximate surface area is 142 Å². The van der Waals surface area contributed by atoms with E-state index in [4.69, 9.17) is 0 Å². The third-order valence-corrected chi connectivity index (χ3v) is 4.78. The molecule has 0 spiro atoms. The molecule has 1 aliphatic heterocycles. The highest BCUT2D eigenvalue weighted by molar-refractivity contribution is 7.98. The van der Waals surface area contributed by atoms with Gasteiger partial charge in [-0.15, -0.1) is 0 Å². The van der Waals surface area contributed by atoms with Crippen LogP contribution >= 0.6 is 11.8 Å². The maximum Gasteiger partial charge on any atom is 0.242 e. The van der Waals surface area contributed by atoms with Gasteiger partial charge in [0.15, 0.2) is 0 Å². The van der Waals surface area contributed by atoms with Gasteiger partial charge in [-0.25, -0.2) is 0 Å². The number of piperazine rings is 1. The van der Waals surface area contributed by atoms with E-state index in [1.807, 2.05) is 36.6 Å². The van der Waals surface area contributed by atoms with Crippen LogP contribution < -0.4 is 10.6 Å². The molecule has 1 aliphatic rings. The van der Waals surface area contributed by atoms with Crippen molar-refractivity contribution in [2.24, 2.45) is 0 Å². The van der Waals surface area contributed by atoms with Crippen LogP contribution in [-0.4, -0.2) is 60.9 Å². The van der Waals surface area contributed by atoms with E-state index in [0.29, 0.717) is 25.9 Å². The molecule has 0 unspecified atom stereocenters. The summed E-state index contributed by atoms with van der Waals surface area (Å²) in [5.41, 5.74) is 1.11. The Bertz CT molecular complexity index is 524. The van der Waals surface area contributed by atoms with E-state index in [0.717, 1.165) is 11.3 Å². The Balaban J connectivity index is 2.09. The smallest absolute Gasteiger partial charge is 0.242 e. The van der Waals surface area contributed by atoms with Crippen molar-refractivity contribution in [1.29, 1.82) is 0 Å². The van der Waals surface area contributed by atoms with E-state index < -0.39 is 0 Å². The van der Waals surface area contributed by atoms with E-state index in [9.17, 15) is 9.59 Å². The number of hydrogen-bond donors (Lipinski definition) is 2. The molecule has 0 bridgehead atoms. The molecule has 126 valence electrons. The fourth-order valence-electron chi connectivity index (χ4n) is 2.86. The first kappa shape index (κ1) is 17.8. The lowest BCUT2D eigenvalue weighted by atomic mass is 10.0. The molecule has 1 fully saturated rings. The third kappa shape index (κ3) is 4.72. The zero-order valence-electron chi connectivity index (χ0n) is 13.7. The lowest BCUT2D eigenvalue weighted by molar-refractivity contribution is -0.144. The fourth-order valence-corrected chi connectivity index (χ4v) is 3.32. The highest BCUT2D eigenvalue weighted by Gasteiger charge is 2.35. The van der Waals surface area contributed by atoms with Gasteiger partial charge in [-0.3, -0.25) is 9.59 Å². The Hall–Kier alpha value is -1.53. The van der Waals surface area contributed by atoms with E-state index in [1.54, 1.807) is 23.7 Å². The molecule has 2 rings (SSSR count). The number of likely N-dealkylation sites (N-methyl/N-ethyl adjacent to an activating group) is 1. The van der Waals surface area contributed by atoms with E-state index in [2.05, 4.69) is 10.6 Å². The van der Waals surface area contributed by atoms with E-state index in [1.165, 1.54) is 0 Å². The minimum Gasteiger partial charge on any atom is -0.353 e. The van der Waals surface area contributed by atoms with Gasteiger partial charge in [-0.2, -0.15) is 11.8 Å². The van der Waals surface area contributed by atoms with Crippen LogP contribution in [0, 0.1) is 0 Å². The van der Waals surface area contributed by atoms with Gasteiger partial charge < -0.3 is 15.5 Å². The Morgan fingerprint density at radius 1 is 1.43 bits per heavy atom. The molecular weight excluding hydrogens is 310 g/mol. The molecule has 2 atom stereocenters. The molecule has 6 heteroatoms. The summed E-state index contributed by atoms with van der Waals surface area (Å²) < 4.78 is 0. The third-order valence-electron chi connectivity index (χ3n) is 4.14. The summed E-state index contributed by atoms with van der Waals surface area (Å²) in [7, 11) is 1.80. The van der Waals surface area contributed by atoms with Crippen molar-refractivity contribution in [3.8, 4) is 0 Å². The highest BCUT2D eigenvalue weighted by Crippen LogP contribution is 2.15. The second-order valence-electron chi connectivity index (χ2n) is 5.65. The summed E-state index contributed by atoms with van der Waals surface area (Å²) in [6.45, 7) is 1.11. The molecule has 2 N–H and O–H groups in total. The normalized spacial score (nSPS) is 19.3. The number of thioether (sulfide) groups is 1. The lowest BCUT2D eigenvalue weighted by Crippen LogP contribution is -2.60. The largest absolute Gasteiger partial charge is 0.353 e. The molecule has 0 saturated carbocycles. The first-order chi connectivity index (χ1) is 11.2. The van der Waals surface area contributed by atoms with Crippen molar-refractivity contribution in [2.75, 3.05) is 32.1 Å². The van der Waals surface area contributed by atoms with Gasteiger partial charge >= 0.3 is 0 Å². The van der Waals surface area contributed by atoms with Gasteiger partial charge in [0.25, 0.3) is 0 Å². The van der Waals surface area contributed by atoms with Crippen molar-refractivity contribution in [3.63, 3.8) is 0 Å². The van der Waals surface area contributed by atoms with Crippen LogP contribution in [0.1, 0.15) is 12.0 Å². The highest BCUT2D eigenvalue weighted by atomic mass is 32.2. The summed E-state index contributed by atoms with van der Waals surface area (Å²) >= 11 is 1.69. The Kier molecular flexibility index (Phi) is 6.92. The molecule has 5 nitrogen and oxygen atoms in total. The molecule has 1 heterocycles. The van der Waals surface area contributed by atoms with Crippen LogP contribution in [0.15, 0.2) is 30.3 Å². The molecular formula is C17H25N3O2S. The number of benzene rings is 1. The van der Waals surface area contributed by atoms with Gasteiger partial charge in [0, 0.05) is 13.1 Å². The summed E-state index contributed by atoms with van der Waals surface area (Å²) in [4.78, 5) is 26.8. The number of hydrogen-bond acceptors (Lipinski definition) is 4. The maximum atomic E-state index is 12.9. The van der Waals surface area contributed by atoms with Crippen LogP contribution in [-0.2, 0) is 16.0 Å². The first-order valence-electron chi connectivity index (χ1n) is 7.95. The SMILES string of the molecule is CN[C@@H](Cc1ccccc1)C(=O)N1CCNC(=O)[C@H]1CCSC. The number of carbonyl (C=O) groups is 2. The van der Waals surface area contributed by atoms with Crippen molar-refractivity contribution in [2.45, 2.75) is 24.9 Å². The fraction of sp³-hybridized carbons (Fsp3) is 0.529. The van der Waals surface area contributed by atoms with Crippen molar-refractivity contribution < 1.29 is 9.59 Å². The molecule has 2 amide bonds. The topological polar surface area (TPSA) is 61.4 Å². The summed E-state index contributed by atoms with van der Waals surface area (Å²) in [6.07, 6.45) is 3.34. The van der Waals surface area contributed by atoms with Crippen LogP contribution in [0.4, 0.5) is 0 Å². The molecule has 1 aromatic rings. The molecule has 23 heavy (non-hydrogen) atoms. The second-order valence-corrected chi connectivity index (χ2v) is 6.64.